The first-order valence-corrected chi connectivity index (χ1v) is 11.2. The number of aromatic nitrogens is 1. The third-order valence-corrected chi connectivity index (χ3v) is 6.54. The quantitative estimate of drug-likeness (QED) is 0.345. The van der Waals surface area contributed by atoms with Gasteiger partial charge in [-0.25, -0.2) is 14.5 Å². The Kier molecular flexibility index (Phi) is 6.46. The highest BCUT2D eigenvalue weighted by Crippen LogP contribution is 2.31. The van der Waals surface area contributed by atoms with Gasteiger partial charge >= 0.3 is 12.0 Å². The van der Waals surface area contributed by atoms with E-state index in [2.05, 4.69) is 5.32 Å². The van der Waals surface area contributed by atoms with Crippen LogP contribution in [0.25, 0.3) is 11.8 Å². The summed E-state index contributed by atoms with van der Waals surface area (Å²) in [6, 6.07) is 9.62. The SMILES string of the molecule is Cc1cc(/C=C2\C(=O)NC(=O)N(c3ccc(Cl)c(Cl)c3)C2=O)c(C)n1-c1ccc(Cl)c(C(=O)O)c1. The average Bonchev–Trinajstić information content (AvgIpc) is 3.06. The van der Waals surface area contributed by atoms with Crippen LogP contribution in [0.5, 0.6) is 0 Å². The smallest absolute Gasteiger partial charge is 0.337 e. The number of urea groups is 1. The van der Waals surface area contributed by atoms with E-state index in [4.69, 9.17) is 34.8 Å². The van der Waals surface area contributed by atoms with Crippen LogP contribution in [0, 0.1) is 13.8 Å². The lowest BCUT2D eigenvalue weighted by Gasteiger charge is -2.26. The highest BCUT2D eigenvalue weighted by molar-refractivity contribution is 6.43. The number of anilines is 1. The van der Waals surface area contributed by atoms with E-state index in [9.17, 15) is 24.3 Å². The molecule has 0 radical (unpaired) electrons. The van der Waals surface area contributed by atoms with Gasteiger partial charge in [0.05, 0.1) is 26.3 Å². The molecule has 0 atom stereocenters. The first-order chi connectivity index (χ1) is 16.5. The molecule has 1 saturated heterocycles. The third-order valence-electron chi connectivity index (χ3n) is 5.47. The zero-order chi connectivity index (χ0) is 25.6. The zero-order valence-corrected chi connectivity index (χ0v) is 20.5. The maximum Gasteiger partial charge on any atom is 0.337 e. The number of aryl methyl sites for hydroxylation is 1. The Hall–Kier alpha value is -3.59. The molecule has 0 spiro atoms. The van der Waals surface area contributed by atoms with E-state index in [1.54, 1.807) is 30.5 Å². The summed E-state index contributed by atoms with van der Waals surface area (Å²) in [5.41, 5.74) is 2.23. The van der Waals surface area contributed by atoms with E-state index in [-0.39, 0.29) is 31.9 Å². The maximum absolute atomic E-state index is 13.2. The number of barbiturate groups is 1. The first kappa shape index (κ1) is 24.5. The number of amides is 4. The number of carboxylic acids is 1. The number of hydrogen-bond acceptors (Lipinski definition) is 4. The largest absolute Gasteiger partial charge is 0.478 e. The number of hydrogen-bond donors (Lipinski definition) is 2. The van der Waals surface area contributed by atoms with Gasteiger partial charge in [0.25, 0.3) is 11.8 Å². The van der Waals surface area contributed by atoms with Crippen molar-refractivity contribution in [2.75, 3.05) is 4.90 Å². The van der Waals surface area contributed by atoms with Crippen molar-refractivity contribution in [2.45, 2.75) is 13.8 Å². The number of nitrogens with zero attached hydrogens (tertiary/aromatic N) is 2. The molecule has 4 rings (SSSR count). The van der Waals surface area contributed by atoms with Crippen molar-refractivity contribution in [3.05, 3.63) is 85.6 Å². The molecule has 0 saturated carbocycles. The molecule has 8 nitrogen and oxygen atoms in total. The van der Waals surface area contributed by atoms with E-state index >= 15 is 0 Å². The van der Waals surface area contributed by atoms with E-state index in [0.717, 1.165) is 4.90 Å². The molecular formula is C24H16Cl3N3O5. The molecule has 2 N–H and O–H groups in total. The van der Waals surface area contributed by atoms with Gasteiger partial charge in [0, 0.05) is 17.1 Å². The molecule has 0 bridgehead atoms. The van der Waals surface area contributed by atoms with Crippen molar-refractivity contribution in [3.8, 4) is 5.69 Å². The normalized spacial score (nSPS) is 15.1. The first-order valence-electron chi connectivity index (χ1n) is 10.1. The Morgan fingerprint density at radius 2 is 1.57 bits per heavy atom. The molecule has 3 aromatic rings. The number of imide groups is 2. The minimum absolute atomic E-state index is 0.0609. The summed E-state index contributed by atoms with van der Waals surface area (Å²) < 4.78 is 1.77. The maximum atomic E-state index is 13.2. The van der Waals surface area contributed by atoms with Crippen LogP contribution in [-0.4, -0.2) is 33.5 Å². The summed E-state index contributed by atoms with van der Waals surface area (Å²) in [6.07, 6.45) is 1.38. The molecule has 1 aromatic heterocycles. The number of carbonyl (C=O) groups is 4. The number of nitrogens with one attached hydrogen (secondary N) is 1. The van der Waals surface area contributed by atoms with Crippen molar-refractivity contribution >= 4 is 70.4 Å². The summed E-state index contributed by atoms with van der Waals surface area (Å²) in [4.78, 5) is 50.5. The van der Waals surface area contributed by atoms with Crippen LogP contribution in [0.15, 0.2) is 48.0 Å². The molecule has 35 heavy (non-hydrogen) atoms. The van der Waals surface area contributed by atoms with Crippen LogP contribution in [0.1, 0.15) is 27.3 Å². The molecule has 0 aliphatic carbocycles. The average molecular weight is 533 g/mol. The van der Waals surface area contributed by atoms with Crippen LogP contribution in [-0.2, 0) is 9.59 Å². The summed E-state index contributed by atoms with van der Waals surface area (Å²) in [5.74, 6) is -2.85. The minimum Gasteiger partial charge on any atom is -0.478 e. The van der Waals surface area contributed by atoms with Gasteiger partial charge in [-0.1, -0.05) is 34.8 Å². The lowest BCUT2D eigenvalue weighted by Crippen LogP contribution is -2.54. The van der Waals surface area contributed by atoms with E-state index in [1.165, 1.54) is 36.4 Å². The van der Waals surface area contributed by atoms with Crippen LogP contribution in [0.3, 0.4) is 0 Å². The lowest BCUT2D eigenvalue weighted by atomic mass is 10.1. The Bertz CT molecular complexity index is 1480. The van der Waals surface area contributed by atoms with Crippen molar-refractivity contribution < 1.29 is 24.3 Å². The predicted octanol–water partition coefficient (Wildman–Crippen LogP) is 5.42. The van der Waals surface area contributed by atoms with Gasteiger partial charge in [-0.3, -0.25) is 14.9 Å². The number of benzene rings is 2. The Labute approximate surface area is 214 Å². The van der Waals surface area contributed by atoms with Crippen molar-refractivity contribution in [2.24, 2.45) is 0 Å². The van der Waals surface area contributed by atoms with E-state index in [1.807, 2.05) is 0 Å². The second kappa shape index (κ2) is 9.22. The molecule has 0 unspecified atom stereocenters. The minimum atomic E-state index is -1.17. The summed E-state index contributed by atoms with van der Waals surface area (Å²) in [7, 11) is 0. The van der Waals surface area contributed by atoms with Gasteiger partial charge in [-0.15, -0.1) is 0 Å². The highest BCUT2D eigenvalue weighted by atomic mass is 35.5. The van der Waals surface area contributed by atoms with Gasteiger partial charge in [-0.2, -0.15) is 0 Å². The van der Waals surface area contributed by atoms with Crippen molar-refractivity contribution in [1.82, 2.24) is 9.88 Å². The van der Waals surface area contributed by atoms with Crippen molar-refractivity contribution in [3.63, 3.8) is 0 Å². The number of carbonyl (C=O) groups excluding carboxylic acids is 3. The van der Waals surface area contributed by atoms with Crippen LogP contribution in [0.4, 0.5) is 10.5 Å². The Balaban J connectivity index is 1.78. The molecule has 1 aliphatic rings. The van der Waals surface area contributed by atoms with Crippen LogP contribution in [0.2, 0.25) is 15.1 Å². The summed E-state index contributed by atoms with van der Waals surface area (Å²) in [5, 5.41) is 12.0. The predicted molar refractivity (Wildman–Crippen MR) is 133 cm³/mol. The molecule has 4 amide bonds. The standard InChI is InChI=1S/C24H16Cl3N3O5/c1-11-7-13(12(2)29(11)14-3-5-18(25)16(9-14)23(33)34)8-17-21(31)28-24(35)30(22(17)32)15-4-6-19(26)20(27)10-15/h3-10H,1-2H3,(H,33,34)(H,28,31,35)/b17-8+. The Morgan fingerprint density at radius 3 is 2.23 bits per heavy atom. The number of halogens is 3. The second-order valence-corrected chi connectivity index (χ2v) is 8.91. The van der Waals surface area contributed by atoms with Gasteiger partial charge in [0.1, 0.15) is 5.57 Å². The topological polar surface area (TPSA) is 109 Å². The molecule has 2 aromatic carbocycles. The van der Waals surface area contributed by atoms with Gasteiger partial charge in [0.2, 0.25) is 0 Å². The number of carboxylic acid groups (broad SMARTS) is 1. The lowest BCUT2D eigenvalue weighted by molar-refractivity contribution is -0.122. The second-order valence-electron chi connectivity index (χ2n) is 7.69. The number of aromatic carboxylic acids is 1. The summed E-state index contributed by atoms with van der Waals surface area (Å²) >= 11 is 18.0. The number of rotatable bonds is 4. The van der Waals surface area contributed by atoms with Crippen LogP contribution >= 0.6 is 34.8 Å². The third kappa shape index (κ3) is 4.43. The fourth-order valence-electron chi connectivity index (χ4n) is 3.82. The van der Waals surface area contributed by atoms with Gasteiger partial charge in [-0.05, 0) is 68.0 Å². The molecular weight excluding hydrogens is 517 g/mol. The molecule has 1 fully saturated rings. The highest BCUT2D eigenvalue weighted by Gasteiger charge is 2.37. The molecule has 1 aliphatic heterocycles. The van der Waals surface area contributed by atoms with Gasteiger partial charge < -0.3 is 9.67 Å². The van der Waals surface area contributed by atoms with Crippen LogP contribution < -0.4 is 10.2 Å². The van der Waals surface area contributed by atoms with Gasteiger partial charge in [0.15, 0.2) is 0 Å². The van der Waals surface area contributed by atoms with E-state index in [0.29, 0.717) is 22.6 Å². The van der Waals surface area contributed by atoms with Crippen molar-refractivity contribution in [1.29, 1.82) is 0 Å². The summed E-state index contributed by atoms with van der Waals surface area (Å²) in [6.45, 7) is 3.54. The fourth-order valence-corrected chi connectivity index (χ4v) is 4.31. The fraction of sp³-hybridized carbons (Fsp3) is 0.0833. The zero-order valence-electron chi connectivity index (χ0n) is 18.2. The molecule has 178 valence electrons. The monoisotopic (exact) mass is 531 g/mol. The Morgan fingerprint density at radius 1 is 0.914 bits per heavy atom. The molecule has 2 heterocycles. The van der Waals surface area contributed by atoms with E-state index < -0.39 is 23.8 Å². The molecule has 11 heteroatoms.